The zero-order valence-corrected chi connectivity index (χ0v) is 12.4. The largest absolute Gasteiger partial charge is 0.383 e. The Morgan fingerprint density at radius 1 is 1.10 bits per heavy atom. The van der Waals surface area contributed by atoms with E-state index in [2.05, 4.69) is 25.3 Å². The first-order chi connectivity index (χ1) is 9.68. The van der Waals surface area contributed by atoms with E-state index in [9.17, 15) is 0 Å². The summed E-state index contributed by atoms with van der Waals surface area (Å²) < 4.78 is 1.84. The predicted molar refractivity (Wildman–Crippen MR) is 85.4 cm³/mol. The molecule has 20 heavy (non-hydrogen) atoms. The number of hydrogen-bond acceptors (Lipinski definition) is 3. The smallest absolute Gasteiger partial charge is 0.131 e. The van der Waals surface area contributed by atoms with E-state index < -0.39 is 0 Å². The summed E-state index contributed by atoms with van der Waals surface area (Å²) in [5.41, 5.74) is 9.46. The maximum Gasteiger partial charge on any atom is 0.131 e. The number of aromatic nitrogens is 2. The van der Waals surface area contributed by atoms with E-state index in [1.54, 1.807) is 11.3 Å². The highest BCUT2D eigenvalue weighted by Gasteiger charge is 2.20. The van der Waals surface area contributed by atoms with Gasteiger partial charge in [0.1, 0.15) is 11.5 Å². The molecule has 0 aliphatic carbocycles. The Labute approximate surface area is 122 Å². The molecule has 0 aliphatic rings. The molecule has 0 aliphatic heterocycles. The molecule has 0 spiro atoms. The molecule has 0 saturated heterocycles. The summed E-state index contributed by atoms with van der Waals surface area (Å²) >= 11 is 1.69. The fourth-order valence-corrected chi connectivity index (χ4v) is 3.10. The van der Waals surface area contributed by atoms with Crippen LogP contribution in [0.25, 0.3) is 16.3 Å². The number of benzene rings is 1. The molecule has 0 unspecified atom stereocenters. The molecule has 0 amide bonds. The van der Waals surface area contributed by atoms with Crippen LogP contribution in [0.5, 0.6) is 0 Å². The summed E-state index contributed by atoms with van der Waals surface area (Å²) in [6, 6.07) is 14.2. The van der Waals surface area contributed by atoms with Crippen molar-refractivity contribution in [3.63, 3.8) is 0 Å². The summed E-state index contributed by atoms with van der Waals surface area (Å²) in [5.74, 6) is 1.07. The normalized spacial score (nSPS) is 11.2. The van der Waals surface area contributed by atoms with Crippen LogP contribution in [0.3, 0.4) is 0 Å². The molecule has 0 fully saturated rings. The standard InChI is InChI=1S/C16H17N3S/c1-11(2)14-15(13-9-6-10-20-13)18-19(16(14)17)12-7-4-3-5-8-12/h3-11H,17H2,1-2H3. The van der Waals surface area contributed by atoms with Gasteiger partial charge in [0.2, 0.25) is 0 Å². The van der Waals surface area contributed by atoms with Crippen molar-refractivity contribution in [2.24, 2.45) is 0 Å². The van der Waals surface area contributed by atoms with Crippen LogP contribution in [0.4, 0.5) is 5.82 Å². The number of rotatable bonds is 3. The Hall–Kier alpha value is -2.07. The van der Waals surface area contributed by atoms with Crippen LogP contribution in [0.1, 0.15) is 25.3 Å². The molecule has 3 nitrogen and oxygen atoms in total. The number of thiophene rings is 1. The lowest BCUT2D eigenvalue weighted by Crippen LogP contribution is -2.03. The zero-order valence-electron chi connectivity index (χ0n) is 11.6. The Kier molecular flexibility index (Phi) is 3.32. The lowest BCUT2D eigenvalue weighted by Gasteiger charge is -2.07. The van der Waals surface area contributed by atoms with Gasteiger partial charge in [-0.1, -0.05) is 38.1 Å². The second-order valence-electron chi connectivity index (χ2n) is 5.03. The highest BCUT2D eigenvalue weighted by atomic mass is 32.1. The predicted octanol–water partition coefficient (Wildman–Crippen LogP) is 4.31. The summed E-state index contributed by atoms with van der Waals surface area (Å²) in [6.07, 6.45) is 0. The number of hydrogen-bond donors (Lipinski definition) is 1. The maximum absolute atomic E-state index is 6.35. The third-order valence-corrected chi connectivity index (χ3v) is 4.17. The molecule has 0 atom stereocenters. The van der Waals surface area contributed by atoms with Crippen molar-refractivity contribution in [1.29, 1.82) is 0 Å². The average Bonchev–Trinajstić information content (AvgIpc) is 3.06. The van der Waals surface area contributed by atoms with Crippen molar-refractivity contribution >= 4 is 17.2 Å². The van der Waals surface area contributed by atoms with Crippen LogP contribution in [-0.4, -0.2) is 9.78 Å². The van der Waals surface area contributed by atoms with E-state index in [0.717, 1.165) is 27.6 Å². The Morgan fingerprint density at radius 2 is 1.85 bits per heavy atom. The summed E-state index contributed by atoms with van der Waals surface area (Å²) in [7, 11) is 0. The number of para-hydroxylation sites is 1. The molecular formula is C16H17N3S. The van der Waals surface area contributed by atoms with Gasteiger partial charge in [0.25, 0.3) is 0 Å². The van der Waals surface area contributed by atoms with Gasteiger partial charge in [-0.2, -0.15) is 5.10 Å². The highest BCUT2D eigenvalue weighted by Crippen LogP contribution is 2.36. The van der Waals surface area contributed by atoms with Crippen LogP contribution in [0.2, 0.25) is 0 Å². The van der Waals surface area contributed by atoms with Crippen molar-refractivity contribution in [2.75, 3.05) is 5.73 Å². The summed E-state index contributed by atoms with van der Waals surface area (Å²) in [6.45, 7) is 4.31. The Bertz CT molecular complexity index is 697. The fraction of sp³-hybridized carbons (Fsp3) is 0.188. The first-order valence-corrected chi connectivity index (χ1v) is 7.54. The zero-order chi connectivity index (χ0) is 14.1. The lowest BCUT2D eigenvalue weighted by atomic mass is 10.0. The minimum absolute atomic E-state index is 0.338. The van der Waals surface area contributed by atoms with E-state index in [1.807, 2.05) is 41.1 Å². The van der Waals surface area contributed by atoms with Gasteiger partial charge in [-0.15, -0.1) is 11.3 Å². The van der Waals surface area contributed by atoms with Gasteiger partial charge in [-0.05, 0) is 29.5 Å². The topological polar surface area (TPSA) is 43.8 Å². The second kappa shape index (κ2) is 5.13. The molecule has 4 heteroatoms. The van der Waals surface area contributed by atoms with Crippen molar-refractivity contribution in [2.45, 2.75) is 19.8 Å². The highest BCUT2D eigenvalue weighted by molar-refractivity contribution is 7.13. The third-order valence-electron chi connectivity index (χ3n) is 3.29. The molecular weight excluding hydrogens is 266 g/mol. The van der Waals surface area contributed by atoms with Gasteiger partial charge in [0.15, 0.2) is 0 Å². The van der Waals surface area contributed by atoms with E-state index in [4.69, 9.17) is 10.8 Å². The van der Waals surface area contributed by atoms with Gasteiger partial charge < -0.3 is 5.73 Å². The molecule has 0 bridgehead atoms. The second-order valence-corrected chi connectivity index (χ2v) is 5.97. The molecule has 1 aromatic carbocycles. The number of nitrogens with zero attached hydrogens (tertiary/aromatic N) is 2. The fourth-order valence-electron chi connectivity index (χ4n) is 2.37. The van der Waals surface area contributed by atoms with Gasteiger partial charge in [-0.25, -0.2) is 4.68 Å². The van der Waals surface area contributed by atoms with Crippen molar-refractivity contribution in [3.8, 4) is 16.3 Å². The number of nitrogens with two attached hydrogens (primary N) is 1. The van der Waals surface area contributed by atoms with E-state index in [0.29, 0.717) is 5.92 Å². The monoisotopic (exact) mass is 283 g/mol. The van der Waals surface area contributed by atoms with Gasteiger partial charge in [0.05, 0.1) is 10.6 Å². The van der Waals surface area contributed by atoms with Crippen LogP contribution >= 0.6 is 11.3 Å². The molecule has 2 heterocycles. The molecule has 2 N–H and O–H groups in total. The summed E-state index contributed by atoms with van der Waals surface area (Å²) in [4.78, 5) is 1.16. The average molecular weight is 283 g/mol. The molecule has 3 rings (SSSR count). The SMILES string of the molecule is CC(C)c1c(-c2cccs2)nn(-c2ccccc2)c1N. The van der Waals surface area contributed by atoms with Gasteiger partial charge in [-0.3, -0.25) is 0 Å². The molecule has 102 valence electrons. The van der Waals surface area contributed by atoms with Crippen molar-refractivity contribution < 1.29 is 0 Å². The van der Waals surface area contributed by atoms with Crippen LogP contribution in [-0.2, 0) is 0 Å². The molecule has 0 saturated carbocycles. The minimum atomic E-state index is 0.338. The first kappa shape index (κ1) is 12.9. The first-order valence-electron chi connectivity index (χ1n) is 6.66. The van der Waals surface area contributed by atoms with Crippen LogP contribution < -0.4 is 5.73 Å². The Morgan fingerprint density at radius 3 is 2.45 bits per heavy atom. The van der Waals surface area contributed by atoms with E-state index >= 15 is 0 Å². The van der Waals surface area contributed by atoms with Crippen molar-refractivity contribution in [3.05, 3.63) is 53.4 Å². The quantitative estimate of drug-likeness (QED) is 0.778. The molecule has 2 aromatic heterocycles. The van der Waals surface area contributed by atoms with E-state index in [-0.39, 0.29) is 0 Å². The lowest BCUT2D eigenvalue weighted by molar-refractivity contribution is 0.868. The van der Waals surface area contributed by atoms with Gasteiger partial charge in [0, 0.05) is 5.56 Å². The minimum Gasteiger partial charge on any atom is -0.383 e. The van der Waals surface area contributed by atoms with E-state index in [1.165, 1.54) is 0 Å². The summed E-state index contributed by atoms with van der Waals surface area (Å²) in [5, 5.41) is 6.81. The molecule has 3 aromatic rings. The Balaban J connectivity index is 2.22. The van der Waals surface area contributed by atoms with Crippen molar-refractivity contribution in [1.82, 2.24) is 9.78 Å². The third kappa shape index (κ3) is 2.12. The molecule has 0 radical (unpaired) electrons. The van der Waals surface area contributed by atoms with Crippen LogP contribution in [0, 0.1) is 0 Å². The van der Waals surface area contributed by atoms with Crippen LogP contribution in [0.15, 0.2) is 47.8 Å². The number of anilines is 1. The number of nitrogen functional groups attached to an aromatic ring is 1. The maximum atomic E-state index is 6.35. The van der Waals surface area contributed by atoms with Gasteiger partial charge >= 0.3 is 0 Å².